The third-order valence-electron chi connectivity index (χ3n) is 7.32. The molecule has 2 amide bonds. The smallest absolute Gasteiger partial charge is 0.254 e. The molecule has 7 nitrogen and oxygen atoms in total. The lowest BCUT2D eigenvalue weighted by molar-refractivity contribution is -0.132. The molecule has 0 saturated carbocycles. The summed E-state index contributed by atoms with van der Waals surface area (Å²) in [5.41, 5.74) is 2.94. The van der Waals surface area contributed by atoms with E-state index in [9.17, 15) is 9.59 Å². The molecule has 0 aliphatic carbocycles. The average Bonchev–Trinajstić information content (AvgIpc) is 3.28. The van der Waals surface area contributed by atoms with Crippen molar-refractivity contribution in [2.24, 2.45) is 0 Å². The summed E-state index contributed by atoms with van der Waals surface area (Å²) in [4.78, 5) is 34.2. The van der Waals surface area contributed by atoms with Crippen LogP contribution in [0.25, 0.3) is 0 Å². The first kappa shape index (κ1) is 26.5. The maximum absolute atomic E-state index is 13.5. The number of amides is 2. The predicted molar refractivity (Wildman–Crippen MR) is 150 cm³/mol. The first-order chi connectivity index (χ1) is 18.5. The van der Waals surface area contributed by atoms with Gasteiger partial charge in [0.1, 0.15) is 11.5 Å². The van der Waals surface area contributed by atoms with E-state index in [2.05, 4.69) is 28.5 Å². The Morgan fingerprint density at radius 2 is 1.61 bits per heavy atom. The Morgan fingerprint density at radius 1 is 0.921 bits per heavy atom. The number of hydrogen-bond acceptors (Lipinski definition) is 6. The molecule has 3 aromatic rings. The fourth-order valence-corrected chi connectivity index (χ4v) is 6.36. The van der Waals surface area contributed by atoms with Gasteiger partial charge in [0, 0.05) is 54.3 Å². The van der Waals surface area contributed by atoms with Crippen LogP contribution in [-0.4, -0.2) is 80.0 Å². The summed E-state index contributed by atoms with van der Waals surface area (Å²) in [6.07, 6.45) is 1.67. The highest BCUT2D eigenvalue weighted by atomic mass is 35.5. The molecule has 2 aliphatic heterocycles. The van der Waals surface area contributed by atoms with Crippen molar-refractivity contribution in [3.05, 3.63) is 80.5 Å². The van der Waals surface area contributed by atoms with Gasteiger partial charge in [0.15, 0.2) is 0 Å². The molecule has 200 valence electrons. The average molecular weight is 554 g/mol. The molecule has 1 fully saturated rings. The third kappa shape index (κ3) is 5.67. The SMILES string of the molecule is COc1cc(OC)cc(C(=O)N2CCCN(C(=O)CN3CCc4sccc4C3c3ccc(Cl)cc3)CC2)c1. The van der Waals surface area contributed by atoms with Crippen LogP contribution in [0.5, 0.6) is 11.5 Å². The van der Waals surface area contributed by atoms with Crippen molar-refractivity contribution in [3.8, 4) is 11.5 Å². The molecule has 3 heterocycles. The van der Waals surface area contributed by atoms with E-state index in [-0.39, 0.29) is 17.9 Å². The second-order valence-electron chi connectivity index (χ2n) is 9.60. The van der Waals surface area contributed by atoms with Crippen LogP contribution in [0.2, 0.25) is 5.02 Å². The van der Waals surface area contributed by atoms with E-state index in [1.807, 2.05) is 21.9 Å². The summed E-state index contributed by atoms with van der Waals surface area (Å²) < 4.78 is 10.7. The summed E-state index contributed by atoms with van der Waals surface area (Å²) in [7, 11) is 3.13. The first-order valence-corrected chi connectivity index (χ1v) is 14.1. The molecule has 1 saturated heterocycles. The number of fused-ring (bicyclic) bond motifs is 1. The standard InChI is InChI=1S/C29H32ClN3O4S/c1-36-23-16-21(17-24(18-23)37-2)29(35)32-11-3-10-31(13-14-32)27(34)19-33-12-8-26-25(9-15-38-26)28(33)20-4-6-22(30)7-5-20/h4-7,9,15-18,28H,3,8,10-14,19H2,1-2H3. The molecular formula is C29H32ClN3O4S. The zero-order valence-corrected chi connectivity index (χ0v) is 23.3. The zero-order valence-electron chi connectivity index (χ0n) is 21.7. The van der Waals surface area contributed by atoms with Crippen molar-refractivity contribution in [1.29, 1.82) is 0 Å². The lowest BCUT2D eigenvalue weighted by Crippen LogP contribution is -2.45. The van der Waals surface area contributed by atoms with E-state index >= 15 is 0 Å². The second-order valence-corrected chi connectivity index (χ2v) is 11.0. The van der Waals surface area contributed by atoms with Crippen LogP contribution >= 0.6 is 22.9 Å². The minimum atomic E-state index is -0.0830. The van der Waals surface area contributed by atoms with Crippen molar-refractivity contribution < 1.29 is 19.1 Å². The van der Waals surface area contributed by atoms with Gasteiger partial charge in [-0.2, -0.15) is 0 Å². The third-order valence-corrected chi connectivity index (χ3v) is 8.57. The Balaban J connectivity index is 1.27. The number of hydrogen-bond donors (Lipinski definition) is 0. The van der Waals surface area contributed by atoms with E-state index in [0.717, 1.165) is 24.9 Å². The number of benzene rings is 2. The highest BCUT2D eigenvalue weighted by Crippen LogP contribution is 2.38. The number of methoxy groups -OCH3 is 2. The van der Waals surface area contributed by atoms with E-state index in [1.54, 1.807) is 43.8 Å². The van der Waals surface area contributed by atoms with E-state index in [0.29, 0.717) is 54.8 Å². The number of ether oxygens (including phenoxy) is 2. The molecule has 5 rings (SSSR count). The number of nitrogens with zero attached hydrogens (tertiary/aromatic N) is 3. The van der Waals surface area contributed by atoms with Crippen LogP contribution in [-0.2, 0) is 11.2 Å². The van der Waals surface area contributed by atoms with Gasteiger partial charge in [0.2, 0.25) is 5.91 Å². The number of rotatable bonds is 6. The van der Waals surface area contributed by atoms with Crippen LogP contribution in [0, 0.1) is 0 Å². The summed E-state index contributed by atoms with van der Waals surface area (Å²) in [5.74, 6) is 1.16. The number of halogens is 1. The molecule has 0 bridgehead atoms. The Bertz CT molecular complexity index is 1270. The predicted octanol–water partition coefficient (Wildman–Crippen LogP) is 4.74. The Labute approximate surface area is 232 Å². The minimum Gasteiger partial charge on any atom is -0.497 e. The van der Waals surface area contributed by atoms with Crippen molar-refractivity contribution in [1.82, 2.24) is 14.7 Å². The molecule has 0 spiro atoms. The normalized spacial score (nSPS) is 18.0. The zero-order chi connectivity index (χ0) is 26.6. The molecule has 1 atom stereocenters. The van der Waals surface area contributed by atoms with E-state index in [1.165, 1.54) is 10.4 Å². The Morgan fingerprint density at radius 3 is 2.32 bits per heavy atom. The molecule has 0 N–H and O–H groups in total. The largest absolute Gasteiger partial charge is 0.497 e. The summed E-state index contributed by atoms with van der Waals surface area (Å²) in [6, 6.07) is 15.3. The highest BCUT2D eigenvalue weighted by molar-refractivity contribution is 7.10. The van der Waals surface area contributed by atoms with Crippen LogP contribution in [0.4, 0.5) is 0 Å². The van der Waals surface area contributed by atoms with Gasteiger partial charge in [-0.1, -0.05) is 23.7 Å². The number of carbonyl (C=O) groups is 2. The van der Waals surface area contributed by atoms with Gasteiger partial charge < -0.3 is 19.3 Å². The molecule has 9 heteroatoms. The minimum absolute atomic E-state index is 0.0271. The summed E-state index contributed by atoms with van der Waals surface area (Å²) >= 11 is 7.94. The van der Waals surface area contributed by atoms with Crippen LogP contribution in [0.1, 0.15) is 38.8 Å². The van der Waals surface area contributed by atoms with Gasteiger partial charge in [-0.15, -0.1) is 11.3 Å². The molecule has 2 aliphatic rings. The summed E-state index contributed by atoms with van der Waals surface area (Å²) in [5, 5.41) is 2.84. The lowest BCUT2D eigenvalue weighted by Gasteiger charge is -2.37. The van der Waals surface area contributed by atoms with Gasteiger partial charge in [0.25, 0.3) is 5.91 Å². The van der Waals surface area contributed by atoms with Gasteiger partial charge >= 0.3 is 0 Å². The van der Waals surface area contributed by atoms with Crippen molar-refractivity contribution >= 4 is 34.8 Å². The fourth-order valence-electron chi connectivity index (χ4n) is 5.33. The van der Waals surface area contributed by atoms with Gasteiger partial charge in [-0.05, 0) is 59.7 Å². The van der Waals surface area contributed by atoms with Crippen LogP contribution in [0.3, 0.4) is 0 Å². The molecule has 1 unspecified atom stereocenters. The van der Waals surface area contributed by atoms with Gasteiger partial charge in [-0.25, -0.2) is 0 Å². The van der Waals surface area contributed by atoms with Crippen LogP contribution in [0.15, 0.2) is 53.9 Å². The van der Waals surface area contributed by atoms with E-state index < -0.39 is 0 Å². The van der Waals surface area contributed by atoms with Gasteiger partial charge in [-0.3, -0.25) is 14.5 Å². The molecule has 0 radical (unpaired) electrons. The van der Waals surface area contributed by atoms with Crippen molar-refractivity contribution in [2.45, 2.75) is 18.9 Å². The topological polar surface area (TPSA) is 62.3 Å². The number of carbonyl (C=O) groups excluding carboxylic acids is 2. The summed E-state index contributed by atoms with van der Waals surface area (Å²) in [6.45, 7) is 3.38. The highest BCUT2D eigenvalue weighted by Gasteiger charge is 2.32. The van der Waals surface area contributed by atoms with Crippen molar-refractivity contribution in [2.75, 3.05) is 53.5 Å². The Hall–Kier alpha value is -3.07. The molecule has 1 aromatic heterocycles. The second kappa shape index (κ2) is 11.8. The first-order valence-electron chi connectivity index (χ1n) is 12.8. The fraction of sp³-hybridized carbons (Fsp3) is 0.379. The number of thiophene rings is 1. The maximum atomic E-state index is 13.5. The quantitative estimate of drug-likeness (QED) is 0.441. The van der Waals surface area contributed by atoms with Crippen LogP contribution < -0.4 is 9.47 Å². The van der Waals surface area contributed by atoms with Gasteiger partial charge in [0.05, 0.1) is 26.8 Å². The van der Waals surface area contributed by atoms with E-state index in [4.69, 9.17) is 21.1 Å². The lowest BCUT2D eigenvalue weighted by atomic mass is 9.93. The maximum Gasteiger partial charge on any atom is 0.254 e. The monoisotopic (exact) mass is 553 g/mol. The molecule has 2 aromatic carbocycles. The van der Waals surface area contributed by atoms with Crippen molar-refractivity contribution in [3.63, 3.8) is 0 Å². The molecular weight excluding hydrogens is 522 g/mol. The Kier molecular flexibility index (Phi) is 8.21. The molecule has 38 heavy (non-hydrogen) atoms.